The third-order valence-corrected chi connectivity index (χ3v) is 13.3. The molecule has 0 unspecified atom stereocenters. The molecule has 0 heterocycles. The van der Waals surface area contributed by atoms with E-state index in [0.29, 0.717) is 19.3 Å². The van der Waals surface area contributed by atoms with Gasteiger partial charge in [-0.15, -0.1) is 0 Å². The van der Waals surface area contributed by atoms with Crippen molar-refractivity contribution in [2.75, 3.05) is 13.2 Å². The van der Waals surface area contributed by atoms with Gasteiger partial charge in [0.25, 0.3) is 0 Å². The van der Waals surface area contributed by atoms with Gasteiger partial charge in [-0.25, -0.2) is 0 Å². The lowest BCUT2D eigenvalue weighted by Crippen LogP contribution is -2.30. The molecule has 1 atom stereocenters. The van der Waals surface area contributed by atoms with Crippen molar-refractivity contribution in [2.24, 2.45) is 0 Å². The number of carbonyl (C=O) groups excluding carboxylic acids is 3. The first-order valence-electron chi connectivity index (χ1n) is 30.1. The average molecular weight is 968 g/mol. The van der Waals surface area contributed by atoms with E-state index >= 15 is 0 Å². The van der Waals surface area contributed by atoms with Crippen LogP contribution in [0.5, 0.6) is 0 Å². The van der Waals surface area contributed by atoms with Gasteiger partial charge in [0.2, 0.25) is 0 Å². The Hall–Kier alpha value is -2.63. The van der Waals surface area contributed by atoms with E-state index in [1.165, 1.54) is 205 Å². The molecule has 0 aromatic heterocycles. The predicted octanol–water partition coefficient (Wildman–Crippen LogP) is 20.2. The van der Waals surface area contributed by atoms with Crippen LogP contribution in [0.25, 0.3) is 0 Å². The molecule has 0 bridgehead atoms. The zero-order valence-electron chi connectivity index (χ0n) is 46.1. The van der Waals surface area contributed by atoms with Crippen LogP contribution in [0.15, 0.2) is 48.6 Å². The minimum Gasteiger partial charge on any atom is -0.462 e. The highest BCUT2D eigenvalue weighted by atomic mass is 16.6. The van der Waals surface area contributed by atoms with Crippen LogP contribution in [-0.4, -0.2) is 37.2 Å². The lowest BCUT2D eigenvalue weighted by molar-refractivity contribution is -0.167. The summed E-state index contributed by atoms with van der Waals surface area (Å²) in [7, 11) is 0. The second kappa shape index (κ2) is 57.9. The lowest BCUT2D eigenvalue weighted by Gasteiger charge is -2.18. The molecule has 0 rings (SSSR count). The highest BCUT2D eigenvalue weighted by Crippen LogP contribution is 2.17. The minimum absolute atomic E-state index is 0.0865. The maximum atomic E-state index is 12.8. The molecule has 0 saturated carbocycles. The molecule has 69 heavy (non-hydrogen) atoms. The summed E-state index contributed by atoms with van der Waals surface area (Å²) >= 11 is 0. The Morgan fingerprint density at radius 1 is 0.290 bits per heavy atom. The van der Waals surface area contributed by atoms with Crippen LogP contribution in [0.2, 0.25) is 0 Å². The molecule has 402 valence electrons. The third-order valence-electron chi connectivity index (χ3n) is 13.3. The number of allylic oxidation sites excluding steroid dienone is 8. The minimum atomic E-state index is -0.793. The Balaban J connectivity index is 4.37. The quantitative estimate of drug-likeness (QED) is 0.0262. The SMILES string of the molecule is CCCCC/C=C\C/C=C\C/C=C\CCCCC(=O)O[C@H](COC(=O)CCCCCCCCC/C=C\CCCCCCCC)COC(=O)CCCCCCCCCCCCCCCCCCCCC. The summed E-state index contributed by atoms with van der Waals surface area (Å²) in [5.41, 5.74) is 0. The van der Waals surface area contributed by atoms with Crippen molar-refractivity contribution in [2.45, 2.75) is 322 Å². The fourth-order valence-electron chi connectivity index (χ4n) is 8.74. The zero-order chi connectivity index (χ0) is 50.0. The van der Waals surface area contributed by atoms with Crippen LogP contribution in [0.4, 0.5) is 0 Å². The van der Waals surface area contributed by atoms with Gasteiger partial charge in [-0.2, -0.15) is 0 Å². The first-order valence-corrected chi connectivity index (χ1v) is 30.1. The van der Waals surface area contributed by atoms with Gasteiger partial charge in [-0.3, -0.25) is 14.4 Å². The Labute approximate surface area is 428 Å². The summed E-state index contributed by atoms with van der Waals surface area (Å²) < 4.78 is 16.9. The van der Waals surface area contributed by atoms with Gasteiger partial charge in [0.15, 0.2) is 6.10 Å². The topological polar surface area (TPSA) is 78.9 Å². The van der Waals surface area contributed by atoms with E-state index in [2.05, 4.69) is 69.4 Å². The van der Waals surface area contributed by atoms with Crippen LogP contribution >= 0.6 is 0 Å². The van der Waals surface area contributed by atoms with Crippen LogP contribution in [0.3, 0.4) is 0 Å². The molecule has 0 aliphatic heterocycles. The summed E-state index contributed by atoms with van der Waals surface area (Å²) in [5, 5.41) is 0. The number of rotatable bonds is 55. The van der Waals surface area contributed by atoms with Gasteiger partial charge in [0.1, 0.15) is 13.2 Å². The maximum Gasteiger partial charge on any atom is 0.306 e. The number of esters is 3. The second-order valence-corrected chi connectivity index (χ2v) is 20.3. The van der Waals surface area contributed by atoms with Crippen molar-refractivity contribution < 1.29 is 28.6 Å². The van der Waals surface area contributed by atoms with E-state index in [1.807, 2.05) is 0 Å². The van der Waals surface area contributed by atoms with E-state index in [0.717, 1.165) is 64.2 Å². The number of hydrogen-bond acceptors (Lipinski definition) is 6. The normalized spacial score (nSPS) is 12.3. The number of hydrogen-bond donors (Lipinski definition) is 0. The highest BCUT2D eigenvalue weighted by Gasteiger charge is 2.19. The van der Waals surface area contributed by atoms with Crippen molar-refractivity contribution in [3.8, 4) is 0 Å². The molecule has 0 aromatic carbocycles. The van der Waals surface area contributed by atoms with Gasteiger partial charge in [0, 0.05) is 19.3 Å². The van der Waals surface area contributed by atoms with Gasteiger partial charge < -0.3 is 14.2 Å². The zero-order valence-corrected chi connectivity index (χ0v) is 46.1. The monoisotopic (exact) mass is 967 g/mol. The summed E-state index contributed by atoms with van der Waals surface area (Å²) in [6.45, 7) is 6.62. The Bertz CT molecular complexity index is 1200. The molecule has 6 heteroatoms. The number of carbonyl (C=O) groups is 3. The fourth-order valence-corrected chi connectivity index (χ4v) is 8.74. The maximum absolute atomic E-state index is 12.8. The summed E-state index contributed by atoms with van der Waals surface area (Å²) in [4.78, 5) is 38.2. The van der Waals surface area contributed by atoms with Crippen molar-refractivity contribution in [3.05, 3.63) is 48.6 Å². The van der Waals surface area contributed by atoms with E-state index < -0.39 is 6.10 Å². The van der Waals surface area contributed by atoms with Gasteiger partial charge >= 0.3 is 17.9 Å². The predicted molar refractivity (Wildman–Crippen MR) is 298 cm³/mol. The second-order valence-electron chi connectivity index (χ2n) is 20.3. The lowest BCUT2D eigenvalue weighted by atomic mass is 10.0. The summed E-state index contributed by atoms with van der Waals surface area (Å²) in [6.07, 6.45) is 71.1. The van der Waals surface area contributed by atoms with E-state index in [1.54, 1.807) is 0 Å². The van der Waals surface area contributed by atoms with E-state index in [9.17, 15) is 14.4 Å². The molecule has 0 saturated heterocycles. The van der Waals surface area contributed by atoms with Crippen molar-refractivity contribution >= 4 is 17.9 Å². The summed E-state index contributed by atoms with van der Waals surface area (Å²) in [6, 6.07) is 0. The molecule has 0 aliphatic rings. The van der Waals surface area contributed by atoms with Crippen LogP contribution in [0.1, 0.15) is 316 Å². The van der Waals surface area contributed by atoms with Crippen LogP contribution in [-0.2, 0) is 28.6 Å². The number of ether oxygens (including phenoxy) is 3. The van der Waals surface area contributed by atoms with Crippen molar-refractivity contribution in [1.29, 1.82) is 0 Å². The van der Waals surface area contributed by atoms with Crippen molar-refractivity contribution in [1.82, 2.24) is 0 Å². The molecule has 0 spiro atoms. The molecule has 0 aliphatic carbocycles. The fraction of sp³-hybridized carbons (Fsp3) is 0.825. The summed E-state index contributed by atoms with van der Waals surface area (Å²) in [5.74, 6) is -0.913. The molecule has 0 N–H and O–H groups in total. The Kier molecular flexibility index (Phi) is 55.7. The third kappa shape index (κ3) is 56.2. The molecular weight excluding hydrogens is 853 g/mol. The molecule has 6 nitrogen and oxygen atoms in total. The van der Waals surface area contributed by atoms with Gasteiger partial charge in [-0.1, -0.05) is 262 Å². The van der Waals surface area contributed by atoms with Crippen LogP contribution in [0, 0.1) is 0 Å². The Morgan fingerprint density at radius 3 is 0.884 bits per heavy atom. The van der Waals surface area contributed by atoms with Crippen LogP contribution < -0.4 is 0 Å². The largest absolute Gasteiger partial charge is 0.462 e. The van der Waals surface area contributed by atoms with Crippen molar-refractivity contribution in [3.63, 3.8) is 0 Å². The van der Waals surface area contributed by atoms with Gasteiger partial charge in [0.05, 0.1) is 0 Å². The van der Waals surface area contributed by atoms with Gasteiger partial charge in [-0.05, 0) is 83.5 Å². The average Bonchev–Trinajstić information content (AvgIpc) is 3.35. The highest BCUT2D eigenvalue weighted by molar-refractivity contribution is 5.71. The smallest absolute Gasteiger partial charge is 0.306 e. The molecule has 0 aromatic rings. The molecule has 0 fully saturated rings. The van der Waals surface area contributed by atoms with E-state index in [4.69, 9.17) is 14.2 Å². The molecule has 0 amide bonds. The first-order chi connectivity index (χ1) is 34.0. The molecular formula is C63H114O6. The number of unbranched alkanes of at least 4 members (excludes halogenated alkanes) is 36. The molecule has 0 radical (unpaired) electrons. The van der Waals surface area contributed by atoms with E-state index in [-0.39, 0.29) is 37.5 Å². The standard InChI is InChI=1S/C63H114O6/c1-4-7-10-13-16-19-22-25-28-30-31-33-36-38-41-44-47-50-53-56-62(65)68-59-60(69-63(66)57-54-51-48-45-42-39-34-27-24-21-18-15-12-9-6-3)58-67-61(64)55-52-49-46-43-40-37-35-32-29-26-23-20-17-14-11-8-5-2/h18,21,26-27,29,34,42,45,60H,4-17,19-20,22-25,28,30-33,35-41,43-44,46-59H2,1-3H3/b21-18-,29-26-,34-27-,45-42-/t60-/m1/s1. The Morgan fingerprint density at radius 2 is 0.522 bits per heavy atom. The first kappa shape index (κ1) is 66.4.